The van der Waals surface area contributed by atoms with Gasteiger partial charge in [-0.25, -0.2) is 4.57 Å². The molecule has 0 saturated heterocycles. The Bertz CT molecular complexity index is 960. The van der Waals surface area contributed by atoms with Crippen LogP contribution in [0.5, 0.6) is 0 Å². The monoisotopic (exact) mass is 412 g/mol. The van der Waals surface area contributed by atoms with Gasteiger partial charge in [-0.1, -0.05) is 17.8 Å². The molecule has 3 aliphatic rings. The zero-order valence-electron chi connectivity index (χ0n) is 16.0. The van der Waals surface area contributed by atoms with Crippen molar-refractivity contribution in [2.45, 2.75) is 37.1 Å². The van der Waals surface area contributed by atoms with Crippen LogP contribution >= 0.6 is 11.8 Å². The van der Waals surface area contributed by atoms with Gasteiger partial charge in [0.2, 0.25) is 0 Å². The molecule has 3 heterocycles. The van der Waals surface area contributed by atoms with E-state index in [4.69, 9.17) is 9.47 Å². The van der Waals surface area contributed by atoms with E-state index in [-0.39, 0.29) is 12.4 Å². The molecule has 0 fully saturated rings. The van der Waals surface area contributed by atoms with Crippen LogP contribution < -0.4 is 4.48 Å². The lowest BCUT2D eigenvalue weighted by atomic mass is 9.77. The second-order valence-electron chi connectivity index (χ2n) is 7.06. The third kappa shape index (κ3) is 2.15. The van der Waals surface area contributed by atoms with Crippen LogP contribution in [0.25, 0.3) is 5.70 Å². The number of rotatable bonds is 4. The van der Waals surface area contributed by atoms with Gasteiger partial charge in [0.15, 0.2) is 5.54 Å². The number of ether oxygens (including phenoxy) is 2. The van der Waals surface area contributed by atoms with E-state index in [1.165, 1.54) is 30.2 Å². The first-order valence-corrected chi connectivity index (χ1v) is 9.72. The number of methoxy groups -OCH3 is 2. The Morgan fingerprint density at radius 2 is 2.04 bits per heavy atom. The summed E-state index contributed by atoms with van der Waals surface area (Å²) in [5.41, 5.74) is 0.676. The zero-order chi connectivity index (χ0) is 20.3. The summed E-state index contributed by atoms with van der Waals surface area (Å²) in [6, 6.07) is 0. The predicted molar refractivity (Wildman–Crippen MR) is 102 cm³/mol. The lowest BCUT2D eigenvalue weighted by Crippen LogP contribution is -2.68. The lowest BCUT2D eigenvalue weighted by Gasteiger charge is -2.45. The van der Waals surface area contributed by atoms with Crippen LogP contribution in [0.2, 0.25) is 0 Å². The van der Waals surface area contributed by atoms with Gasteiger partial charge in [0.1, 0.15) is 22.7 Å². The Kier molecular flexibility index (Phi) is 4.33. The van der Waals surface area contributed by atoms with E-state index in [0.717, 1.165) is 5.57 Å². The summed E-state index contributed by atoms with van der Waals surface area (Å²) in [5.74, 6) is 0.882. The maximum atomic E-state index is 14.8. The zero-order valence-corrected chi connectivity index (χ0v) is 16.8. The van der Waals surface area contributed by atoms with Crippen molar-refractivity contribution in [1.29, 1.82) is 0 Å². The fourth-order valence-electron chi connectivity index (χ4n) is 4.76. The molecule has 4 rings (SSSR count). The Balaban J connectivity index is 2.11. The van der Waals surface area contributed by atoms with Crippen molar-refractivity contribution in [3.8, 4) is 0 Å². The summed E-state index contributed by atoms with van der Waals surface area (Å²) in [7, 11) is 3.10. The predicted octanol–water partition coefficient (Wildman–Crippen LogP) is 4.80. The van der Waals surface area contributed by atoms with Crippen LogP contribution in [0.15, 0.2) is 52.6 Å². The van der Waals surface area contributed by atoms with Crippen molar-refractivity contribution in [2.24, 2.45) is 0 Å². The molecule has 2 unspecified atom stereocenters. The quantitative estimate of drug-likeness (QED) is 0.308. The molecule has 2 aliphatic heterocycles. The second-order valence-corrected chi connectivity index (χ2v) is 8.00. The molecule has 28 heavy (non-hydrogen) atoms. The molecule has 0 amide bonds. The number of nitrogens with zero attached hydrogens (tertiary/aromatic N) is 3. The fraction of sp³-hybridized carbons (Fsp3) is 0.421. The minimum Gasteiger partial charge on any atom is -0.496 e. The first-order chi connectivity index (χ1) is 13.2. The maximum Gasteiger partial charge on any atom is 0.574 e. The minimum absolute atomic E-state index is 0.0637. The highest BCUT2D eigenvalue weighted by molar-refractivity contribution is 7.99. The molecule has 5 nitrogen and oxygen atoms in total. The van der Waals surface area contributed by atoms with Gasteiger partial charge in [-0.15, -0.1) is 17.7 Å². The number of aromatic nitrogens is 2. The number of thioether (sulfide) groups is 1. The van der Waals surface area contributed by atoms with Crippen LogP contribution in [-0.2, 0) is 9.47 Å². The summed E-state index contributed by atoms with van der Waals surface area (Å²) in [5, 5.41) is 0.610. The largest absolute Gasteiger partial charge is 0.574 e. The van der Waals surface area contributed by atoms with Crippen molar-refractivity contribution in [1.82, 2.24) is 14.0 Å². The first kappa shape index (κ1) is 19.4. The maximum absolute atomic E-state index is 14.8. The molecule has 0 saturated carbocycles. The molecule has 1 spiro atoms. The second kappa shape index (κ2) is 6.27. The van der Waals surface area contributed by atoms with E-state index in [1.807, 2.05) is 13.8 Å². The Labute approximate surface area is 165 Å². The molecule has 0 bridgehead atoms. The Morgan fingerprint density at radius 1 is 1.29 bits per heavy atom. The molecule has 0 N–H and O–H groups in total. The average molecular weight is 412 g/mol. The normalized spacial score (nSPS) is 28.5. The van der Waals surface area contributed by atoms with E-state index in [1.54, 1.807) is 30.9 Å². The van der Waals surface area contributed by atoms with Crippen LogP contribution in [0.4, 0.5) is 19.1 Å². The summed E-state index contributed by atoms with van der Waals surface area (Å²) >= 11 is 1.31. The average Bonchev–Trinajstić information content (AvgIpc) is 3.14. The van der Waals surface area contributed by atoms with Gasteiger partial charge in [0.25, 0.3) is 0 Å². The SMILES string of the molecule is COCSc1cnc2n1C1=C(C)C(OC)=C(C)CC13C=CC=C[N+]23C(F)(F)F. The molecule has 1 aromatic rings. The van der Waals surface area contributed by atoms with E-state index in [2.05, 4.69) is 4.98 Å². The molecule has 0 aromatic carbocycles. The molecule has 150 valence electrons. The summed E-state index contributed by atoms with van der Waals surface area (Å²) in [4.78, 5) is 4.26. The Hall–Kier alpha value is -1.97. The molecular weight excluding hydrogens is 391 g/mol. The number of hydrogen-bond donors (Lipinski definition) is 0. The van der Waals surface area contributed by atoms with Crippen LogP contribution in [0.1, 0.15) is 20.3 Å². The third-order valence-electron chi connectivity index (χ3n) is 5.63. The molecular formula is C19H21F3N3O2S+. The summed E-state index contributed by atoms with van der Waals surface area (Å²) in [6.07, 6.45) is 3.09. The summed E-state index contributed by atoms with van der Waals surface area (Å²) < 4.78 is 55.3. The number of imidazole rings is 1. The number of hydrogen-bond acceptors (Lipinski definition) is 4. The number of halogens is 3. The highest BCUT2D eigenvalue weighted by Gasteiger charge is 2.76. The van der Waals surface area contributed by atoms with Gasteiger partial charge >= 0.3 is 12.2 Å². The first-order valence-electron chi connectivity index (χ1n) is 8.74. The number of allylic oxidation sites excluding steroid dienone is 3. The van der Waals surface area contributed by atoms with Crippen molar-refractivity contribution in [3.05, 3.63) is 47.5 Å². The van der Waals surface area contributed by atoms with Gasteiger partial charge in [-0.2, -0.15) is 4.98 Å². The van der Waals surface area contributed by atoms with Crippen molar-refractivity contribution >= 4 is 23.4 Å². The number of fused-ring (bicyclic) bond motifs is 3. The smallest absolute Gasteiger partial charge is 0.496 e. The number of quaternary nitrogens is 1. The van der Waals surface area contributed by atoms with Crippen molar-refractivity contribution < 1.29 is 22.6 Å². The third-order valence-corrected chi connectivity index (χ3v) is 6.57. The molecule has 2 atom stereocenters. The van der Waals surface area contributed by atoms with Gasteiger partial charge in [0.05, 0.1) is 19.2 Å². The van der Waals surface area contributed by atoms with E-state index in [0.29, 0.717) is 28.0 Å². The standard InChI is InChI=1S/C19H21F3N3O2S/c1-12-9-18-7-5-6-8-25(18,19(20,21)22)17-23-10-14(28-11-26-3)24(17)16(18)13(2)15(12)27-4/h5-8,10H,9,11H2,1-4H3/q+1. The molecule has 0 radical (unpaired) electrons. The van der Waals surface area contributed by atoms with Gasteiger partial charge in [0, 0.05) is 19.1 Å². The van der Waals surface area contributed by atoms with E-state index in [9.17, 15) is 13.2 Å². The van der Waals surface area contributed by atoms with Crippen LogP contribution in [-0.4, -0.2) is 41.5 Å². The topological polar surface area (TPSA) is 36.3 Å². The van der Waals surface area contributed by atoms with Crippen LogP contribution in [0.3, 0.4) is 0 Å². The van der Waals surface area contributed by atoms with Crippen molar-refractivity contribution in [2.75, 3.05) is 20.2 Å². The molecule has 1 aromatic heterocycles. The van der Waals surface area contributed by atoms with E-state index < -0.39 is 16.3 Å². The van der Waals surface area contributed by atoms with E-state index >= 15 is 0 Å². The van der Waals surface area contributed by atoms with Gasteiger partial charge in [-0.3, -0.25) is 0 Å². The lowest BCUT2D eigenvalue weighted by molar-refractivity contribution is -0.236. The molecule has 1 aliphatic carbocycles. The molecule has 9 heteroatoms. The van der Waals surface area contributed by atoms with Gasteiger partial charge < -0.3 is 9.47 Å². The summed E-state index contributed by atoms with van der Waals surface area (Å²) in [6.45, 7) is 3.64. The highest BCUT2D eigenvalue weighted by atomic mass is 32.2. The minimum atomic E-state index is -4.58. The van der Waals surface area contributed by atoms with Crippen molar-refractivity contribution in [3.63, 3.8) is 0 Å². The highest BCUT2D eigenvalue weighted by Crippen LogP contribution is 2.62. The fourth-order valence-corrected chi connectivity index (χ4v) is 5.43. The van der Waals surface area contributed by atoms with Gasteiger partial charge in [-0.05, 0) is 31.6 Å². The van der Waals surface area contributed by atoms with Crippen LogP contribution in [0, 0.1) is 0 Å². The Morgan fingerprint density at radius 3 is 2.68 bits per heavy atom. The number of alkyl halides is 3.